The van der Waals surface area contributed by atoms with Crippen LogP contribution < -0.4 is 17.3 Å². The SMILES string of the molecule is CN(C)CCCN1c2ccccc2Sc2ccc(C(F)(F)F)cc21.[Cl-].[H+]. The van der Waals surface area contributed by atoms with Gasteiger partial charge in [-0.1, -0.05) is 23.9 Å². The zero-order valence-corrected chi connectivity index (χ0v) is 15.5. The number of benzene rings is 2. The van der Waals surface area contributed by atoms with E-state index < -0.39 is 11.7 Å². The van der Waals surface area contributed by atoms with Gasteiger partial charge in [0.1, 0.15) is 0 Å². The van der Waals surface area contributed by atoms with E-state index in [0.717, 1.165) is 34.5 Å². The molecule has 0 aromatic heterocycles. The number of fused-ring (bicyclic) bond motifs is 2. The molecule has 0 saturated carbocycles. The Labute approximate surface area is 157 Å². The third kappa shape index (κ3) is 4.43. The van der Waals surface area contributed by atoms with E-state index in [1.165, 1.54) is 17.8 Å². The number of hydrogen-bond acceptors (Lipinski definition) is 3. The fourth-order valence-corrected chi connectivity index (χ4v) is 3.87. The van der Waals surface area contributed by atoms with Crippen LogP contribution in [0.5, 0.6) is 0 Å². The Morgan fingerprint density at radius 3 is 2.40 bits per heavy atom. The van der Waals surface area contributed by atoms with Gasteiger partial charge in [0, 0.05) is 16.3 Å². The third-order valence-electron chi connectivity index (χ3n) is 3.94. The highest BCUT2D eigenvalue weighted by molar-refractivity contribution is 7.99. The molecule has 0 N–H and O–H groups in total. The second kappa shape index (κ2) is 7.89. The molecule has 1 aliphatic heterocycles. The number of halogens is 4. The van der Waals surface area contributed by atoms with Crippen molar-refractivity contribution in [3.8, 4) is 0 Å². The number of rotatable bonds is 4. The van der Waals surface area contributed by atoms with E-state index in [2.05, 4.69) is 4.90 Å². The van der Waals surface area contributed by atoms with Crippen LogP contribution in [0.2, 0.25) is 0 Å². The average Bonchev–Trinajstić information content (AvgIpc) is 2.52. The lowest BCUT2D eigenvalue weighted by molar-refractivity contribution is -0.137. The van der Waals surface area contributed by atoms with Crippen molar-refractivity contribution in [1.82, 2.24) is 4.90 Å². The molecule has 0 amide bonds. The lowest BCUT2D eigenvalue weighted by Crippen LogP contribution is -3.00. The summed E-state index contributed by atoms with van der Waals surface area (Å²) < 4.78 is 39.3. The van der Waals surface area contributed by atoms with Crippen molar-refractivity contribution >= 4 is 23.1 Å². The summed E-state index contributed by atoms with van der Waals surface area (Å²) >= 11 is 1.53. The van der Waals surface area contributed by atoms with E-state index in [1.807, 2.05) is 43.3 Å². The lowest BCUT2D eigenvalue weighted by atomic mass is 10.1. The third-order valence-corrected chi connectivity index (χ3v) is 5.07. The molecule has 25 heavy (non-hydrogen) atoms. The van der Waals surface area contributed by atoms with Crippen LogP contribution in [0.25, 0.3) is 0 Å². The molecular weight excluding hydrogens is 369 g/mol. The highest BCUT2D eigenvalue weighted by atomic mass is 35.5. The molecular formula is C18H20ClF3N2S. The van der Waals surface area contributed by atoms with Crippen LogP contribution in [-0.4, -0.2) is 32.1 Å². The summed E-state index contributed by atoms with van der Waals surface area (Å²) in [6.45, 7) is 1.57. The van der Waals surface area contributed by atoms with E-state index in [1.54, 1.807) is 6.07 Å². The Morgan fingerprint density at radius 1 is 1.04 bits per heavy atom. The molecule has 1 aliphatic rings. The topological polar surface area (TPSA) is 6.48 Å². The van der Waals surface area contributed by atoms with E-state index in [0.29, 0.717) is 12.2 Å². The molecule has 0 atom stereocenters. The Bertz CT molecular complexity index is 741. The summed E-state index contributed by atoms with van der Waals surface area (Å²) in [6.07, 6.45) is -3.45. The first-order valence-electron chi connectivity index (χ1n) is 7.76. The normalized spacial score (nSPS) is 13.3. The van der Waals surface area contributed by atoms with Gasteiger partial charge in [-0.2, -0.15) is 13.2 Å². The highest BCUT2D eigenvalue weighted by Crippen LogP contribution is 2.49. The second-order valence-electron chi connectivity index (χ2n) is 6.06. The molecule has 0 bridgehead atoms. The van der Waals surface area contributed by atoms with Crippen LogP contribution in [-0.2, 0) is 6.18 Å². The number of anilines is 2. The van der Waals surface area contributed by atoms with Gasteiger partial charge in [-0.25, -0.2) is 0 Å². The Hall–Kier alpha value is -1.37. The molecule has 7 heteroatoms. The van der Waals surface area contributed by atoms with Gasteiger partial charge in [-0.05, 0) is 57.4 Å². The summed E-state index contributed by atoms with van der Waals surface area (Å²) in [5.41, 5.74) is 1.03. The molecule has 0 fully saturated rings. The van der Waals surface area contributed by atoms with Crippen LogP contribution in [0.3, 0.4) is 0 Å². The highest BCUT2D eigenvalue weighted by Gasteiger charge is 2.33. The molecule has 0 saturated heterocycles. The fraction of sp³-hybridized carbons (Fsp3) is 0.333. The van der Waals surface area contributed by atoms with E-state index in [4.69, 9.17) is 0 Å². The molecule has 0 spiro atoms. The van der Waals surface area contributed by atoms with E-state index in [9.17, 15) is 13.2 Å². The van der Waals surface area contributed by atoms with Crippen LogP contribution >= 0.6 is 11.8 Å². The maximum absolute atomic E-state index is 13.1. The Morgan fingerprint density at radius 2 is 1.72 bits per heavy atom. The quantitative estimate of drug-likeness (QED) is 0.794. The molecule has 0 unspecified atom stereocenters. The van der Waals surface area contributed by atoms with Gasteiger partial charge in [-0.3, -0.25) is 0 Å². The van der Waals surface area contributed by atoms with Crippen molar-refractivity contribution in [2.45, 2.75) is 22.4 Å². The first kappa shape index (κ1) is 19.9. The molecule has 2 aromatic rings. The predicted molar refractivity (Wildman–Crippen MR) is 93.3 cm³/mol. The van der Waals surface area contributed by atoms with Crippen molar-refractivity contribution < 1.29 is 27.0 Å². The van der Waals surface area contributed by atoms with Gasteiger partial charge in [-0.15, -0.1) is 0 Å². The maximum atomic E-state index is 13.1. The molecule has 2 aromatic carbocycles. The van der Waals surface area contributed by atoms with Crippen LogP contribution in [0, 0.1) is 0 Å². The van der Waals surface area contributed by atoms with Crippen molar-refractivity contribution in [3.05, 3.63) is 48.0 Å². The summed E-state index contributed by atoms with van der Waals surface area (Å²) in [7, 11) is 3.99. The average molecular weight is 389 g/mol. The predicted octanol–water partition coefficient (Wildman–Crippen LogP) is 2.38. The van der Waals surface area contributed by atoms with Crippen molar-refractivity contribution in [1.29, 1.82) is 0 Å². The summed E-state index contributed by atoms with van der Waals surface area (Å²) in [6, 6.07) is 11.9. The van der Waals surface area contributed by atoms with Crippen molar-refractivity contribution in [2.24, 2.45) is 0 Å². The minimum absolute atomic E-state index is 0. The fourth-order valence-electron chi connectivity index (χ4n) is 2.79. The molecule has 136 valence electrons. The van der Waals surface area contributed by atoms with Gasteiger partial charge in [0.15, 0.2) is 0 Å². The van der Waals surface area contributed by atoms with Gasteiger partial charge in [0.25, 0.3) is 0 Å². The Balaban J connectivity index is 0.00000169. The monoisotopic (exact) mass is 388 g/mol. The number of nitrogens with zero attached hydrogens (tertiary/aromatic N) is 2. The number of alkyl halides is 3. The van der Waals surface area contributed by atoms with Crippen molar-refractivity contribution in [3.63, 3.8) is 0 Å². The zero-order valence-electron chi connectivity index (χ0n) is 15.0. The molecule has 2 nitrogen and oxygen atoms in total. The van der Waals surface area contributed by atoms with E-state index in [-0.39, 0.29) is 13.8 Å². The molecule has 1 heterocycles. The Kier molecular flexibility index (Phi) is 6.30. The van der Waals surface area contributed by atoms with Gasteiger partial charge in [0.2, 0.25) is 0 Å². The minimum Gasteiger partial charge on any atom is -1.00 e. The van der Waals surface area contributed by atoms with Crippen LogP contribution in [0.15, 0.2) is 52.3 Å². The zero-order chi connectivity index (χ0) is 17.3. The summed E-state index contributed by atoms with van der Waals surface area (Å²) in [5, 5.41) is 0. The number of hydrogen-bond donors (Lipinski definition) is 0. The summed E-state index contributed by atoms with van der Waals surface area (Å²) in [5.74, 6) is 0. The van der Waals surface area contributed by atoms with Gasteiger partial charge >= 0.3 is 7.60 Å². The van der Waals surface area contributed by atoms with Gasteiger partial charge in [0.05, 0.1) is 16.9 Å². The largest absolute Gasteiger partial charge is 1.00 e. The van der Waals surface area contributed by atoms with Crippen LogP contribution in [0.1, 0.15) is 13.4 Å². The minimum atomic E-state index is -4.33. The molecule has 0 radical (unpaired) electrons. The molecule has 3 rings (SSSR count). The first-order chi connectivity index (χ1) is 11.4. The van der Waals surface area contributed by atoms with Crippen molar-refractivity contribution in [2.75, 3.05) is 32.1 Å². The second-order valence-corrected chi connectivity index (χ2v) is 7.14. The lowest BCUT2D eigenvalue weighted by Gasteiger charge is -2.33. The maximum Gasteiger partial charge on any atom is 1.00 e. The van der Waals surface area contributed by atoms with E-state index >= 15 is 0 Å². The van der Waals surface area contributed by atoms with Gasteiger partial charge < -0.3 is 22.2 Å². The first-order valence-corrected chi connectivity index (χ1v) is 8.58. The number of para-hydroxylation sites is 1. The summed E-state index contributed by atoms with van der Waals surface area (Å²) in [4.78, 5) is 6.04. The van der Waals surface area contributed by atoms with Crippen LogP contribution in [0.4, 0.5) is 24.5 Å². The smallest absolute Gasteiger partial charge is 1.00 e. The standard InChI is InChI=1S/C18H19F3N2S.ClH/c1-22(2)10-5-11-23-14-6-3-4-7-16(14)24-17-9-8-13(12-15(17)23)18(19,20)21;/h3-4,6-9,12H,5,10-11H2,1-2H3;1H. The molecule has 0 aliphatic carbocycles.